The first-order valence-electron chi connectivity index (χ1n) is 9.71. The maximum absolute atomic E-state index is 12.6. The van der Waals surface area contributed by atoms with Crippen molar-refractivity contribution >= 4 is 11.9 Å². The van der Waals surface area contributed by atoms with E-state index < -0.39 is 11.9 Å². The third-order valence-corrected chi connectivity index (χ3v) is 5.45. The second-order valence-electron chi connectivity index (χ2n) is 7.36. The zero-order valence-electron chi connectivity index (χ0n) is 16.0. The van der Waals surface area contributed by atoms with Gasteiger partial charge in [-0.1, -0.05) is 30.3 Å². The molecular formula is C21H26N4O3. The van der Waals surface area contributed by atoms with Gasteiger partial charge in [-0.15, -0.1) is 0 Å². The molecule has 0 saturated carbocycles. The largest absolute Gasteiger partial charge is 0.481 e. The molecule has 148 valence electrons. The zero-order chi connectivity index (χ0) is 19.9. The Morgan fingerprint density at radius 1 is 1.07 bits per heavy atom. The quantitative estimate of drug-likeness (QED) is 0.614. The molecule has 2 fully saturated rings. The molecule has 2 heterocycles. The van der Waals surface area contributed by atoms with Gasteiger partial charge in [0.25, 0.3) is 5.91 Å². The van der Waals surface area contributed by atoms with Crippen molar-refractivity contribution in [3.8, 4) is 6.07 Å². The standard InChI is InChI=1S/C21H26N4O3/c22-14-19(20(26)25-8-6-18(7-9-25)21(27)28)16-24-12-10-23(11-13-24)15-17-4-2-1-3-5-17/h1-5,16,18H,6-13,15H2,(H,27,28)/b19-16-. The van der Waals surface area contributed by atoms with Crippen LogP contribution in [0.1, 0.15) is 18.4 Å². The Balaban J connectivity index is 1.52. The monoisotopic (exact) mass is 382 g/mol. The van der Waals surface area contributed by atoms with Crippen LogP contribution in [0.25, 0.3) is 0 Å². The second kappa shape index (κ2) is 9.38. The molecule has 1 aromatic carbocycles. The molecule has 0 aromatic heterocycles. The number of carbonyl (C=O) groups is 2. The molecule has 1 N–H and O–H groups in total. The second-order valence-corrected chi connectivity index (χ2v) is 7.36. The van der Waals surface area contributed by atoms with Crippen molar-refractivity contribution in [3.63, 3.8) is 0 Å². The highest BCUT2D eigenvalue weighted by atomic mass is 16.4. The Hall–Kier alpha value is -2.85. The van der Waals surface area contributed by atoms with Gasteiger partial charge in [-0.05, 0) is 18.4 Å². The number of likely N-dealkylation sites (tertiary alicyclic amines) is 1. The Bertz CT molecular complexity index is 756. The Labute approximate surface area is 165 Å². The summed E-state index contributed by atoms with van der Waals surface area (Å²) < 4.78 is 0. The van der Waals surface area contributed by atoms with Crippen LogP contribution in [-0.4, -0.2) is 71.0 Å². The van der Waals surface area contributed by atoms with Crippen LogP contribution >= 0.6 is 0 Å². The molecule has 0 atom stereocenters. The summed E-state index contributed by atoms with van der Waals surface area (Å²) in [5.41, 5.74) is 1.41. The molecule has 2 aliphatic heterocycles. The number of carboxylic acid groups (broad SMARTS) is 1. The van der Waals surface area contributed by atoms with E-state index in [1.807, 2.05) is 29.2 Å². The molecule has 0 aliphatic carbocycles. The molecule has 2 saturated heterocycles. The van der Waals surface area contributed by atoms with Gasteiger partial charge in [0.15, 0.2) is 0 Å². The van der Waals surface area contributed by atoms with Crippen molar-refractivity contribution in [2.45, 2.75) is 19.4 Å². The van der Waals surface area contributed by atoms with E-state index in [-0.39, 0.29) is 11.5 Å². The normalized spacial score (nSPS) is 19.3. The maximum atomic E-state index is 12.6. The number of hydrogen-bond acceptors (Lipinski definition) is 5. The van der Waals surface area contributed by atoms with Crippen molar-refractivity contribution < 1.29 is 14.7 Å². The van der Waals surface area contributed by atoms with E-state index in [9.17, 15) is 14.9 Å². The number of rotatable bonds is 5. The Morgan fingerprint density at radius 2 is 1.71 bits per heavy atom. The van der Waals surface area contributed by atoms with Gasteiger partial charge < -0.3 is 14.9 Å². The lowest BCUT2D eigenvalue weighted by Gasteiger charge is -2.34. The van der Waals surface area contributed by atoms with Crippen molar-refractivity contribution in [1.29, 1.82) is 5.26 Å². The third kappa shape index (κ3) is 5.11. The summed E-state index contributed by atoms with van der Waals surface area (Å²) in [5.74, 6) is -1.49. The highest BCUT2D eigenvalue weighted by molar-refractivity contribution is 5.97. The molecule has 0 bridgehead atoms. The first kappa shape index (κ1) is 19.9. The smallest absolute Gasteiger partial charge is 0.306 e. The van der Waals surface area contributed by atoms with Crippen LogP contribution in [0.3, 0.4) is 0 Å². The summed E-state index contributed by atoms with van der Waals surface area (Å²) >= 11 is 0. The molecule has 1 amide bonds. The molecule has 7 nitrogen and oxygen atoms in total. The first-order valence-corrected chi connectivity index (χ1v) is 9.71. The SMILES string of the molecule is N#C/C(=C/N1CCN(Cc2ccccc2)CC1)C(=O)N1CCC(C(=O)O)CC1. The van der Waals surface area contributed by atoms with Gasteiger partial charge in [0, 0.05) is 52.0 Å². The topological polar surface area (TPSA) is 87.9 Å². The molecule has 0 radical (unpaired) electrons. The minimum Gasteiger partial charge on any atom is -0.481 e. The molecule has 7 heteroatoms. The Morgan fingerprint density at radius 3 is 2.29 bits per heavy atom. The van der Waals surface area contributed by atoms with Crippen molar-refractivity contribution in [3.05, 3.63) is 47.7 Å². The van der Waals surface area contributed by atoms with Gasteiger partial charge >= 0.3 is 5.97 Å². The van der Waals surface area contributed by atoms with Crippen molar-refractivity contribution in [2.75, 3.05) is 39.3 Å². The lowest BCUT2D eigenvalue weighted by Crippen LogP contribution is -2.44. The number of benzene rings is 1. The maximum Gasteiger partial charge on any atom is 0.306 e. The molecule has 2 aliphatic rings. The van der Waals surface area contributed by atoms with E-state index in [1.54, 1.807) is 11.1 Å². The lowest BCUT2D eigenvalue weighted by atomic mass is 9.97. The van der Waals surface area contributed by atoms with Crippen molar-refractivity contribution in [2.24, 2.45) is 5.92 Å². The van der Waals surface area contributed by atoms with E-state index in [0.717, 1.165) is 32.7 Å². The van der Waals surface area contributed by atoms with E-state index in [1.165, 1.54) is 5.56 Å². The van der Waals surface area contributed by atoms with E-state index in [4.69, 9.17) is 5.11 Å². The van der Waals surface area contributed by atoms with Crippen LogP contribution in [0.5, 0.6) is 0 Å². The summed E-state index contributed by atoms with van der Waals surface area (Å²) in [6.07, 6.45) is 2.56. The van der Waals surface area contributed by atoms with E-state index in [0.29, 0.717) is 25.9 Å². The molecule has 0 spiro atoms. The van der Waals surface area contributed by atoms with Gasteiger partial charge in [-0.25, -0.2) is 0 Å². The number of piperidine rings is 1. The van der Waals surface area contributed by atoms with E-state index >= 15 is 0 Å². The van der Waals surface area contributed by atoms with Crippen LogP contribution < -0.4 is 0 Å². The highest BCUT2D eigenvalue weighted by Crippen LogP contribution is 2.19. The average molecular weight is 382 g/mol. The Kier molecular flexibility index (Phi) is 6.66. The number of nitriles is 1. The molecule has 3 rings (SSSR count). The van der Waals surface area contributed by atoms with Crippen LogP contribution in [0.4, 0.5) is 0 Å². The molecule has 1 aromatic rings. The summed E-state index contributed by atoms with van der Waals surface area (Å²) in [5, 5.41) is 18.5. The number of amides is 1. The minimum atomic E-state index is -0.809. The fraction of sp³-hybridized carbons (Fsp3) is 0.476. The number of hydrogen-bond donors (Lipinski definition) is 1. The van der Waals surface area contributed by atoms with Crippen LogP contribution in [0, 0.1) is 17.2 Å². The molecule has 0 unspecified atom stereocenters. The summed E-state index contributed by atoms with van der Waals surface area (Å²) in [4.78, 5) is 29.7. The van der Waals surface area contributed by atoms with Crippen LogP contribution in [0.15, 0.2) is 42.1 Å². The minimum absolute atomic E-state index is 0.130. The third-order valence-electron chi connectivity index (χ3n) is 5.45. The predicted octanol–water partition coefficient (Wildman–Crippen LogP) is 1.53. The van der Waals surface area contributed by atoms with Gasteiger partial charge in [-0.3, -0.25) is 14.5 Å². The van der Waals surface area contributed by atoms with Gasteiger partial charge in [-0.2, -0.15) is 5.26 Å². The summed E-state index contributed by atoms with van der Waals surface area (Å²) in [6.45, 7) is 4.98. The van der Waals surface area contributed by atoms with Crippen LogP contribution in [0.2, 0.25) is 0 Å². The highest BCUT2D eigenvalue weighted by Gasteiger charge is 2.29. The number of aliphatic carboxylic acids is 1. The number of nitrogens with zero attached hydrogens (tertiary/aromatic N) is 4. The van der Waals surface area contributed by atoms with Gasteiger partial charge in [0.2, 0.25) is 0 Å². The number of piperazine rings is 1. The molecular weight excluding hydrogens is 356 g/mol. The number of carboxylic acids is 1. The van der Waals surface area contributed by atoms with Gasteiger partial charge in [0.05, 0.1) is 5.92 Å². The summed E-state index contributed by atoms with van der Waals surface area (Å²) in [6, 6.07) is 12.4. The predicted molar refractivity (Wildman–Crippen MR) is 104 cm³/mol. The fourth-order valence-electron chi connectivity index (χ4n) is 3.71. The fourth-order valence-corrected chi connectivity index (χ4v) is 3.71. The first-order chi connectivity index (χ1) is 13.6. The van der Waals surface area contributed by atoms with Crippen molar-refractivity contribution in [1.82, 2.24) is 14.7 Å². The lowest BCUT2D eigenvalue weighted by molar-refractivity contribution is -0.145. The zero-order valence-corrected chi connectivity index (χ0v) is 16.0. The number of carbonyl (C=O) groups excluding carboxylic acids is 1. The molecule has 28 heavy (non-hydrogen) atoms. The van der Waals surface area contributed by atoms with Gasteiger partial charge in [0.1, 0.15) is 11.6 Å². The summed E-state index contributed by atoms with van der Waals surface area (Å²) in [7, 11) is 0. The average Bonchev–Trinajstić information content (AvgIpc) is 2.73. The van der Waals surface area contributed by atoms with E-state index in [2.05, 4.69) is 17.0 Å². The van der Waals surface area contributed by atoms with Crippen LogP contribution in [-0.2, 0) is 16.1 Å².